The average molecular weight is 496 g/mol. The number of anilines is 1. The molecule has 6 nitrogen and oxygen atoms in total. The molecule has 0 aliphatic rings. The summed E-state index contributed by atoms with van der Waals surface area (Å²) >= 11 is 0. The molecule has 5 rings (SSSR count). The van der Waals surface area contributed by atoms with Gasteiger partial charge in [0.05, 0.1) is 16.3 Å². The first kappa shape index (κ1) is 23.5. The summed E-state index contributed by atoms with van der Waals surface area (Å²) in [7, 11) is -0.319. The Labute approximate surface area is 210 Å². The van der Waals surface area contributed by atoms with Crippen molar-refractivity contribution in [3.8, 4) is 39.6 Å². The van der Waals surface area contributed by atoms with Gasteiger partial charge in [-0.05, 0) is 48.5 Å². The maximum Gasteiger partial charge on any atom is 0.294 e. The van der Waals surface area contributed by atoms with Gasteiger partial charge in [0.2, 0.25) is 0 Å². The Morgan fingerprint density at radius 1 is 0.694 bits per heavy atom. The molecule has 0 aliphatic heterocycles. The molecule has 0 spiro atoms. The molecular formula is C29H25N3O3S. The van der Waals surface area contributed by atoms with E-state index in [0.717, 1.165) is 45.3 Å². The Kier molecular flexibility index (Phi) is 6.18. The molecule has 1 heterocycles. The summed E-state index contributed by atoms with van der Waals surface area (Å²) in [5.74, 6) is 0.720. The van der Waals surface area contributed by atoms with Gasteiger partial charge in [0.15, 0.2) is 0 Å². The zero-order valence-corrected chi connectivity index (χ0v) is 20.7. The highest BCUT2D eigenvalue weighted by Crippen LogP contribution is 2.39. The number of hydrogen-bond donors (Lipinski definition) is 1. The average Bonchev–Trinajstić information content (AvgIpc) is 3.30. The predicted molar refractivity (Wildman–Crippen MR) is 144 cm³/mol. The molecular weight excluding hydrogens is 470 g/mol. The van der Waals surface area contributed by atoms with Crippen molar-refractivity contribution in [3.63, 3.8) is 0 Å². The third-order valence-electron chi connectivity index (χ3n) is 6.01. The topological polar surface area (TPSA) is 75.4 Å². The second-order valence-electron chi connectivity index (χ2n) is 8.61. The van der Waals surface area contributed by atoms with Gasteiger partial charge >= 0.3 is 0 Å². The van der Waals surface area contributed by atoms with Crippen LogP contribution < -0.4 is 4.90 Å². The van der Waals surface area contributed by atoms with E-state index in [2.05, 4.69) is 0 Å². The van der Waals surface area contributed by atoms with Crippen LogP contribution in [0.2, 0.25) is 0 Å². The van der Waals surface area contributed by atoms with Crippen molar-refractivity contribution in [1.82, 2.24) is 9.55 Å². The van der Waals surface area contributed by atoms with Crippen LogP contribution >= 0.6 is 0 Å². The first-order valence-corrected chi connectivity index (χ1v) is 12.9. The molecule has 7 heteroatoms. The SMILES string of the molecule is CN(C)c1ccc(-c2nc(-c3ccccc3)c(-c3ccccc3)n2-c2ccc(S(=O)(=O)O)cc2)cc1. The van der Waals surface area contributed by atoms with Gasteiger partial charge in [-0.3, -0.25) is 9.12 Å². The molecule has 0 aliphatic carbocycles. The summed E-state index contributed by atoms with van der Waals surface area (Å²) in [6.07, 6.45) is 0. The molecule has 0 fully saturated rings. The lowest BCUT2D eigenvalue weighted by atomic mass is 10.0. The fraction of sp³-hybridized carbons (Fsp3) is 0.0690. The molecule has 0 unspecified atom stereocenters. The highest BCUT2D eigenvalue weighted by molar-refractivity contribution is 7.85. The van der Waals surface area contributed by atoms with E-state index in [4.69, 9.17) is 4.98 Å². The van der Waals surface area contributed by atoms with Crippen molar-refractivity contribution in [2.24, 2.45) is 0 Å². The van der Waals surface area contributed by atoms with Crippen LogP contribution in [0.15, 0.2) is 114 Å². The van der Waals surface area contributed by atoms with Crippen LogP contribution in [0.3, 0.4) is 0 Å². The maximum atomic E-state index is 11.7. The van der Waals surface area contributed by atoms with Crippen LogP contribution in [0.4, 0.5) is 5.69 Å². The zero-order chi connectivity index (χ0) is 25.3. The summed E-state index contributed by atoms with van der Waals surface area (Å²) in [5.41, 5.74) is 6.34. The lowest BCUT2D eigenvalue weighted by Gasteiger charge is -2.15. The van der Waals surface area contributed by atoms with Crippen LogP contribution in [-0.4, -0.2) is 36.6 Å². The lowest BCUT2D eigenvalue weighted by molar-refractivity contribution is 0.483. The zero-order valence-electron chi connectivity index (χ0n) is 19.9. The molecule has 180 valence electrons. The predicted octanol–water partition coefficient (Wildman–Crippen LogP) is 6.19. The molecule has 0 radical (unpaired) electrons. The van der Waals surface area contributed by atoms with E-state index in [-0.39, 0.29) is 4.90 Å². The van der Waals surface area contributed by atoms with Gasteiger partial charge in [-0.25, -0.2) is 4.98 Å². The normalized spacial score (nSPS) is 11.4. The number of nitrogens with zero attached hydrogens (tertiary/aromatic N) is 3. The lowest BCUT2D eigenvalue weighted by Crippen LogP contribution is -2.08. The van der Waals surface area contributed by atoms with E-state index in [0.29, 0.717) is 0 Å². The Bertz CT molecular complexity index is 1590. The largest absolute Gasteiger partial charge is 0.378 e. The van der Waals surface area contributed by atoms with Gasteiger partial charge in [0.25, 0.3) is 10.1 Å². The van der Waals surface area contributed by atoms with Crippen LogP contribution in [-0.2, 0) is 10.1 Å². The van der Waals surface area contributed by atoms with Crippen molar-refractivity contribution in [2.75, 3.05) is 19.0 Å². The van der Waals surface area contributed by atoms with Gasteiger partial charge < -0.3 is 4.90 Å². The highest BCUT2D eigenvalue weighted by atomic mass is 32.2. The van der Waals surface area contributed by atoms with Gasteiger partial charge in [-0.1, -0.05) is 60.7 Å². The summed E-state index contributed by atoms with van der Waals surface area (Å²) in [4.78, 5) is 7.01. The van der Waals surface area contributed by atoms with Gasteiger partial charge in [0.1, 0.15) is 5.82 Å². The van der Waals surface area contributed by atoms with E-state index in [1.54, 1.807) is 12.1 Å². The first-order chi connectivity index (χ1) is 17.3. The van der Waals surface area contributed by atoms with E-state index in [1.165, 1.54) is 12.1 Å². The molecule has 1 aromatic heterocycles. The number of aromatic nitrogens is 2. The van der Waals surface area contributed by atoms with Crippen molar-refractivity contribution < 1.29 is 13.0 Å². The summed E-state index contributed by atoms with van der Waals surface area (Å²) in [5, 5.41) is 0. The Morgan fingerprint density at radius 2 is 1.25 bits per heavy atom. The molecule has 1 N–H and O–H groups in total. The fourth-order valence-electron chi connectivity index (χ4n) is 4.20. The monoisotopic (exact) mass is 495 g/mol. The Hall–Kier alpha value is -4.20. The Morgan fingerprint density at radius 3 is 1.78 bits per heavy atom. The fourth-order valence-corrected chi connectivity index (χ4v) is 4.68. The first-order valence-electron chi connectivity index (χ1n) is 11.4. The van der Waals surface area contributed by atoms with E-state index < -0.39 is 10.1 Å². The maximum absolute atomic E-state index is 11.7. The van der Waals surface area contributed by atoms with Gasteiger partial charge in [0, 0.05) is 42.2 Å². The molecule has 5 aromatic rings. The molecule has 0 amide bonds. The van der Waals surface area contributed by atoms with Crippen molar-refractivity contribution in [3.05, 3.63) is 109 Å². The van der Waals surface area contributed by atoms with E-state index in [1.807, 2.05) is 108 Å². The molecule has 36 heavy (non-hydrogen) atoms. The second kappa shape index (κ2) is 9.45. The van der Waals surface area contributed by atoms with E-state index in [9.17, 15) is 13.0 Å². The number of hydrogen-bond acceptors (Lipinski definition) is 4. The molecule has 0 atom stereocenters. The molecule has 0 bridgehead atoms. The summed E-state index contributed by atoms with van der Waals surface area (Å²) in [6.45, 7) is 0. The van der Waals surface area contributed by atoms with Crippen LogP contribution in [0.25, 0.3) is 39.6 Å². The molecule has 4 aromatic carbocycles. The smallest absolute Gasteiger partial charge is 0.294 e. The minimum absolute atomic E-state index is 0.159. The van der Waals surface area contributed by atoms with Crippen LogP contribution in [0.5, 0.6) is 0 Å². The minimum Gasteiger partial charge on any atom is -0.378 e. The third-order valence-corrected chi connectivity index (χ3v) is 6.87. The standard InChI is InChI=1S/C29H25N3O3S/c1-31(2)24-15-13-23(14-16-24)29-30-27(21-9-5-3-6-10-21)28(22-11-7-4-8-12-22)32(29)25-17-19-26(20-18-25)36(33,34)35/h3-20H,1-2H3,(H,33,34,35). The summed E-state index contributed by atoms with van der Waals surface area (Å²) < 4.78 is 34.9. The molecule has 0 saturated carbocycles. The number of benzene rings is 4. The van der Waals surface area contributed by atoms with Gasteiger partial charge in [-0.15, -0.1) is 0 Å². The van der Waals surface area contributed by atoms with Crippen LogP contribution in [0.1, 0.15) is 0 Å². The number of rotatable bonds is 6. The number of imidazole rings is 1. The quantitative estimate of drug-likeness (QED) is 0.285. The Balaban J connectivity index is 1.82. The highest BCUT2D eigenvalue weighted by Gasteiger charge is 2.23. The molecule has 0 saturated heterocycles. The van der Waals surface area contributed by atoms with E-state index >= 15 is 0 Å². The van der Waals surface area contributed by atoms with Crippen molar-refractivity contribution in [2.45, 2.75) is 4.90 Å². The summed E-state index contributed by atoms with van der Waals surface area (Å²) in [6, 6.07) is 34.3. The van der Waals surface area contributed by atoms with Crippen molar-refractivity contribution in [1.29, 1.82) is 0 Å². The second-order valence-corrected chi connectivity index (χ2v) is 10.0. The minimum atomic E-state index is -4.31. The van der Waals surface area contributed by atoms with Crippen LogP contribution in [0, 0.1) is 0 Å². The third kappa shape index (κ3) is 4.54. The van der Waals surface area contributed by atoms with Crippen molar-refractivity contribution >= 4 is 15.8 Å². The van der Waals surface area contributed by atoms with Gasteiger partial charge in [-0.2, -0.15) is 8.42 Å².